The Kier molecular flexibility index (Phi) is 7.88. The van der Waals surface area contributed by atoms with Crippen molar-refractivity contribution in [1.82, 2.24) is 4.83 Å². The number of benzene rings is 3. The topological polar surface area (TPSA) is 105 Å². The second kappa shape index (κ2) is 10.4. The second-order valence-electron chi connectivity index (χ2n) is 7.52. The van der Waals surface area contributed by atoms with Crippen LogP contribution in [0.15, 0.2) is 82.8 Å². The lowest BCUT2D eigenvalue weighted by Crippen LogP contribution is -2.20. The highest BCUT2D eigenvalue weighted by Gasteiger charge is 2.31. The van der Waals surface area contributed by atoms with Crippen molar-refractivity contribution in [2.45, 2.75) is 23.0 Å². The zero-order valence-electron chi connectivity index (χ0n) is 18.4. The molecule has 0 aromatic heterocycles. The van der Waals surface area contributed by atoms with Gasteiger partial charge in [0.1, 0.15) is 0 Å². The number of nitrogens with one attached hydrogen (secondary N) is 2. The fourth-order valence-electron chi connectivity index (χ4n) is 2.95. The van der Waals surface area contributed by atoms with Crippen LogP contribution in [-0.4, -0.2) is 23.1 Å². The van der Waals surface area contributed by atoms with Crippen LogP contribution in [0.1, 0.15) is 22.3 Å². The molecule has 15 heteroatoms. The van der Waals surface area contributed by atoms with Crippen LogP contribution in [0, 0.1) is 0 Å². The summed E-state index contributed by atoms with van der Waals surface area (Å²) in [5.74, 6) is -0.676. The van der Waals surface area contributed by atoms with Crippen molar-refractivity contribution in [3.05, 3.63) is 95.1 Å². The summed E-state index contributed by atoms with van der Waals surface area (Å²) in [6.07, 6.45) is -8.23. The highest BCUT2D eigenvalue weighted by atomic mass is 32.2. The molecule has 0 spiro atoms. The SMILES string of the molecule is O=S(=O)(Cc1ccc(C(F)(F)F)cc1)N/N=C/c1ccccc1NS(=O)(=O)c1ccc(C(F)(F)F)cc1. The Hall–Kier alpha value is -3.59. The molecule has 7 nitrogen and oxygen atoms in total. The molecule has 3 rings (SSSR count). The van der Waals surface area contributed by atoms with Gasteiger partial charge in [0.2, 0.25) is 0 Å². The summed E-state index contributed by atoms with van der Waals surface area (Å²) in [5.41, 5.74) is -1.83. The van der Waals surface area contributed by atoms with Gasteiger partial charge in [-0.05, 0) is 48.0 Å². The quantitative estimate of drug-likeness (QED) is 0.228. The van der Waals surface area contributed by atoms with Gasteiger partial charge in [-0.2, -0.15) is 31.4 Å². The monoisotopic (exact) mass is 565 g/mol. The first-order chi connectivity index (χ1) is 17.1. The minimum Gasteiger partial charge on any atom is -0.279 e. The number of hydrogen-bond donors (Lipinski definition) is 2. The van der Waals surface area contributed by atoms with Crippen LogP contribution >= 0.6 is 0 Å². The van der Waals surface area contributed by atoms with Gasteiger partial charge in [0.05, 0.1) is 33.7 Å². The third kappa shape index (κ3) is 7.69. The molecule has 0 atom stereocenters. The maximum absolute atomic E-state index is 12.7. The zero-order chi connectivity index (χ0) is 27.5. The molecular formula is C22H17F6N3O4S2. The van der Waals surface area contributed by atoms with E-state index in [9.17, 15) is 43.2 Å². The number of nitrogens with zero attached hydrogens (tertiary/aromatic N) is 1. The molecule has 0 saturated carbocycles. The van der Waals surface area contributed by atoms with Crippen molar-refractivity contribution in [2.24, 2.45) is 5.10 Å². The minimum atomic E-state index is -4.64. The first kappa shape index (κ1) is 28.0. The lowest BCUT2D eigenvalue weighted by molar-refractivity contribution is -0.138. The summed E-state index contributed by atoms with van der Waals surface area (Å²) >= 11 is 0. The molecule has 0 saturated heterocycles. The van der Waals surface area contributed by atoms with Gasteiger partial charge in [0.25, 0.3) is 20.0 Å². The van der Waals surface area contributed by atoms with Crippen LogP contribution in [-0.2, 0) is 38.2 Å². The Bertz CT molecular complexity index is 1490. The summed E-state index contributed by atoms with van der Waals surface area (Å²) in [6, 6.07) is 12.0. The average Bonchev–Trinajstić information content (AvgIpc) is 2.79. The molecule has 0 bridgehead atoms. The van der Waals surface area contributed by atoms with Gasteiger partial charge >= 0.3 is 12.4 Å². The Morgan fingerprint density at radius 2 is 1.24 bits per heavy atom. The Balaban J connectivity index is 1.71. The Labute approximate surface area is 207 Å². The van der Waals surface area contributed by atoms with Crippen molar-refractivity contribution >= 4 is 31.9 Å². The molecule has 198 valence electrons. The normalized spacial score (nSPS) is 13.0. The van der Waals surface area contributed by atoms with E-state index in [1.807, 2.05) is 4.83 Å². The number of hydrazone groups is 1. The van der Waals surface area contributed by atoms with Gasteiger partial charge in [-0.15, -0.1) is 0 Å². The number of alkyl halides is 6. The van der Waals surface area contributed by atoms with Crippen LogP contribution in [0.4, 0.5) is 32.0 Å². The van der Waals surface area contributed by atoms with Gasteiger partial charge in [-0.3, -0.25) is 4.72 Å². The third-order valence-electron chi connectivity index (χ3n) is 4.73. The molecular weight excluding hydrogens is 548 g/mol. The van der Waals surface area contributed by atoms with Crippen molar-refractivity contribution in [2.75, 3.05) is 4.72 Å². The van der Waals surface area contributed by atoms with Gasteiger partial charge in [0, 0.05) is 5.56 Å². The van der Waals surface area contributed by atoms with Gasteiger partial charge in [-0.1, -0.05) is 30.3 Å². The number of para-hydroxylation sites is 1. The summed E-state index contributed by atoms with van der Waals surface area (Å²) in [5, 5.41) is 3.57. The van der Waals surface area contributed by atoms with Crippen LogP contribution in [0.2, 0.25) is 0 Å². The van der Waals surface area contributed by atoms with E-state index >= 15 is 0 Å². The van der Waals surface area contributed by atoms with E-state index in [0.717, 1.165) is 42.6 Å². The van der Waals surface area contributed by atoms with Crippen molar-refractivity contribution < 1.29 is 43.2 Å². The molecule has 0 aliphatic heterocycles. The summed E-state index contributed by atoms with van der Waals surface area (Å²) in [7, 11) is -8.42. The molecule has 2 N–H and O–H groups in total. The number of sulfonamides is 2. The zero-order valence-corrected chi connectivity index (χ0v) is 20.0. The predicted molar refractivity (Wildman–Crippen MR) is 123 cm³/mol. The van der Waals surface area contributed by atoms with Crippen LogP contribution in [0.5, 0.6) is 0 Å². The van der Waals surface area contributed by atoms with Gasteiger partial charge < -0.3 is 0 Å². The molecule has 0 aliphatic rings. The van der Waals surface area contributed by atoms with E-state index in [0.29, 0.717) is 12.1 Å². The third-order valence-corrected chi connectivity index (χ3v) is 7.21. The Morgan fingerprint density at radius 1 is 0.730 bits per heavy atom. The molecule has 0 unspecified atom stereocenters. The van der Waals surface area contributed by atoms with Crippen molar-refractivity contribution in [1.29, 1.82) is 0 Å². The number of halogens is 6. The lowest BCUT2D eigenvalue weighted by atomic mass is 10.1. The number of anilines is 1. The predicted octanol–water partition coefficient (Wildman–Crippen LogP) is 4.98. The molecule has 0 amide bonds. The number of rotatable bonds is 8. The number of hydrogen-bond acceptors (Lipinski definition) is 5. The maximum atomic E-state index is 12.7. The van der Waals surface area contributed by atoms with E-state index in [2.05, 4.69) is 9.82 Å². The van der Waals surface area contributed by atoms with E-state index in [1.54, 1.807) is 0 Å². The largest absolute Gasteiger partial charge is 0.416 e. The van der Waals surface area contributed by atoms with E-state index in [1.165, 1.54) is 24.3 Å². The highest BCUT2D eigenvalue weighted by Crippen LogP contribution is 2.31. The standard InChI is InChI=1S/C22H17F6N3O4S2/c23-21(24,25)17-7-5-15(6-8-17)14-36(32,33)31-29-13-16-3-1-2-4-20(16)30-37(34,35)19-11-9-18(10-12-19)22(26,27)28/h1-13,30-31H,14H2/b29-13+. The minimum absolute atomic E-state index is 0.0481. The summed E-state index contributed by atoms with van der Waals surface area (Å²) in [4.78, 5) is 1.44. The van der Waals surface area contributed by atoms with Crippen LogP contribution < -0.4 is 9.55 Å². The van der Waals surface area contributed by atoms with Gasteiger partial charge in [0.15, 0.2) is 0 Å². The van der Waals surface area contributed by atoms with E-state index in [4.69, 9.17) is 0 Å². The van der Waals surface area contributed by atoms with Crippen LogP contribution in [0.3, 0.4) is 0 Å². The van der Waals surface area contributed by atoms with Crippen LogP contribution in [0.25, 0.3) is 0 Å². The fourth-order valence-corrected chi connectivity index (χ4v) is 4.94. The molecule has 0 heterocycles. The van der Waals surface area contributed by atoms with Crippen molar-refractivity contribution in [3.63, 3.8) is 0 Å². The lowest BCUT2D eigenvalue weighted by Gasteiger charge is -2.12. The molecule has 3 aromatic rings. The molecule has 0 fully saturated rings. The first-order valence-corrected chi connectivity index (χ1v) is 13.2. The summed E-state index contributed by atoms with van der Waals surface area (Å²) < 4.78 is 128. The van der Waals surface area contributed by atoms with Crippen molar-refractivity contribution in [3.8, 4) is 0 Å². The fraction of sp³-hybridized carbons (Fsp3) is 0.136. The average molecular weight is 566 g/mol. The molecule has 3 aromatic carbocycles. The summed E-state index contributed by atoms with van der Waals surface area (Å²) in [6.45, 7) is 0. The van der Waals surface area contributed by atoms with E-state index < -0.39 is 54.2 Å². The smallest absolute Gasteiger partial charge is 0.279 e. The first-order valence-electron chi connectivity index (χ1n) is 10.0. The molecule has 37 heavy (non-hydrogen) atoms. The van der Waals surface area contributed by atoms with E-state index in [-0.39, 0.29) is 16.8 Å². The highest BCUT2D eigenvalue weighted by molar-refractivity contribution is 7.92. The second-order valence-corrected chi connectivity index (χ2v) is 10.9. The maximum Gasteiger partial charge on any atom is 0.416 e. The van der Waals surface area contributed by atoms with Gasteiger partial charge in [-0.25, -0.2) is 21.7 Å². The Morgan fingerprint density at radius 3 is 1.78 bits per heavy atom. The molecule has 0 radical (unpaired) electrons. The molecule has 0 aliphatic carbocycles.